The highest BCUT2D eigenvalue weighted by Gasteiger charge is 2.07. The third kappa shape index (κ3) is 3.88. The number of nitrogen functional groups attached to an aromatic ring is 1. The molecular weight excluding hydrogens is 220 g/mol. The summed E-state index contributed by atoms with van der Waals surface area (Å²) >= 11 is 0. The van der Waals surface area contributed by atoms with Crippen LogP contribution >= 0.6 is 0 Å². The SMILES string of the molecule is C/C=C\CC(C)c1cc(/C=C/C)cc(C(=N)N)c1. The molecule has 0 aliphatic heterocycles. The average molecular weight is 242 g/mol. The van der Waals surface area contributed by atoms with Crippen LogP contribution in [0.4, 0.5) is 0 Å². The van der Waals surface area contributed by atoms with Gasteiger partial charge in [-0.2, -0.15) is 0 Å². The van der Waals surface area contributed by atoms with Crippen LogP contribution in [0.15, 0.2) is 36.4 Å². The van der Waals surface area contributed by atoms with E-state index in [1.165, 1.54) is 5.56 Å². The number of hydrogen-bond donors (Lipinski definition) is 2. The number of nitrogens with two attached hydrogens (primary N) is 1. The second-order valence-electron chi connectivity index (χ2n) is 4.51. The number of rotatable bonds is 5. The molecule has 1 unspecified atom stereocenters. The Labute approximate surface area is 110 Å². The molecule has 1 aromatic rings. The fourth-order valence-electron chi connectivity index (χ4n) is 1.88. The molecule has 2 nitrogen and oxygen atoms in total. The average Bonchev–Trinajstić information content (AvgIpc) is 2.35. The minimum absolute atomic E-state index is 0.126. The zero-order chi connectivity index (χ0) is 13.5. The Balaban J connectivity index is 3.13. The van der Waals surface area contributed by atoms with E-state index in [4.69, 9.17) is 11.1 Å². The van der Waals surface area contributed by atoms with Crippen molar-refractivity contribution in [2.45, 2.75) is 33.1 Å². The summed E-state index contributed by atoms with van der Waals surface area (Å²) in [7, 11) is 0. The molecule has 0 radical (unpaired) electrons. The predicted molar refractivity (Wildman–Crippen MR) is 80.0 cm³/mol. The van der Waals surface area contributed by atoms with E-state index >= 15 is 0 Å². The van der Waals surface area contributed by atoms with Crippen LogP contribution in [-0.4, -0.2) is 5.84 Å². The number of hydrogen-bond acceptors (Lipinski definition) is 1. The van der Waals surface area contributed by atoms with Gasteiger partial charge in [-0.05, 0) is 49.4 Å². The molecule has 3 N–H and O–H groups in total. The highest BCUT2D eigenvalue weighted by Crippen LogP contribution is 2.23. The van der Waals surface area contributed by atoms with Crippen molar-refractivity contribution in [3.63, 3.8) is 0 Å². The lowest BCUT2D eigenvalue weighted by Crippen LogP contribution is -2.12. The van der Waals surface area contributed by atoms with E-state index in [-0.39, 0.29) is 5.84 Å². The van der Waals surface area contributed by atoms with Crippen LogP contribution < -0.4 is 5.73 Å². The Kier molecular flexibility index (Phi) is 5.37. The second-order valence-corrected chi connectivity index (χ2v) is 4.51. The van der Waals surface area contributed by atoms with E-state index in [0.29, 0.717) is 5.92 Å². The third-order valence-electron chi connectivity index (χ3n) is 2.94. The number of allylic oxidation sites excluding steroid dienone is 3. The largest absolute Gasteiger partial charge is 0.384 e. The van der Waals surface area contributed by atoms with Gasteiger partial charge >= 0.3 is 0 Å². The third-order valence-corrected chi connectivity index (χ3v) is 2.94. The summed E-state index contributed by atoms with van der Waals surface area (Å²) in [5.74, 6) is 0.561. The van der Waals surface area contributed by atoms with E-state index in [0.717, 1.165) is 17.5 Å². The number of nitrogens with one attached hydrogen (secondary N) is 1. The van der Waals surface area contributed by atoms with Gasteiger partial charge in [0.1, 0.15) is 5.84 Å². The van der Waals surface area contributed by atoms with E-state index < -0.39 is 0 Å². The molecule has 0 saturated carbocycles. The fourth-order valence-corrected chi connectivity index (χ4v) is 1.88. The lowest BCUT2D eigenvalue weighted by Gasteiger charge is -2.12. The van der Waals surface area contributed by atoms with Crippen molar-refractivity contribution in [3.8, 4) is 0 Å². The van der Waals surface area contributed by atoms with E-state index in [2.05, 4.69) is 25.1 Å². The van der Waals surface area contributed by atoms with Crippen molar-refractivity contribution in [2.24, 2.45) is 5.73 Å². The highest BCUT2D eigenvalue weighted by atomic mass is 14.7. The Morgan fingerprint density at radius 3 is 2.56 bits per heavy atom. The molecule has 0 aliphatic carbocycles. The minimum atomic E-state index is 0.126. The number of benzene rings is 1. The standard InChI is InChI=1S/C16H22N2/c1-4-6-8-12(3)14-9-13(7-5-2)10-15(11-14)16(17)18/h4-7,9-12H,8H2,1-3H3,(H3,17,18)/b6-4-,7-5+. The Morgan fingerprint density at radius 2 is 2.00 bits per heavy atom. The summed E-state index contributed by atoms with van der Waals surface area (Å²) < 4.78 is 0. The lowest BCUT2D eigenvalue weighted by molar-refractivity contribution is 0.779. The Bertz CT molecular complexity index is 470. The predicted octanol–water partition coefficient (Wildman–Crippen LogP) is 4.07. The van der Waals surface area contributed by atoms with Gasteiger partial charge in [0, 0.05) is 5.56 Å². The molecule has 0 fully saturated rings. The van der Waals surface area contributed by atoms with Gasteiger partial charge in [-0.3, -0.25) is 5.41 Å². The lowest BCUT2D eigenvalue weighted by atomic mass is 9.93. The molecule has 1 atom stereocenters. The Hall–Kier alpha value is -1.83. The molecule has 0 aliphatic rings. The first-order valence-corrected chi connectivity index (χ1v) is 6.31. The van der Waals surface area contributed by atoms with Crippen LogP contribution in [0.3, 0.4) is 0 Å². The monoisotopic (exact) mass is 242 g/mol. The normalized spacial score (nSPS) is 13.3. The summed E-state index contributed by atoms with van der Waals surface area (Å²) in [6, 6.07) is 6.14. The van der Waals surface area contributed by atoms with Crippen molar-refractivity contribution in [1.82, 2.24) is 0 Å². The topological polar surface area (TPSA) is 49.9 Å². The summed E-state index contributed by atoms with van der Waals surface area (Å²) in [6.07, 6.45) is 9.28. The first kappa shape index (κ1) is 14.2. The Morgan fingerprint density at radius 1 is 1.28 bits per heavy atom. The first-order valence-electron chi connectivity index (χ1n) is 6.31. The van der Waals surface area contributed by atoms with Crippen molar-refractivity contribution >= 4 is 11.9 Å². The van der Waals surface area contributed by atoms with Crippen LogP contribution in [0, 0.1) is 5.41 Å². The maximum atomic E-state index is 7.58. The maximum Gasteiger partial charge on any atom is 0.122 e. The van der Waals surface area contributed by atoms with Crippen LogP contribution in [0.5, 0.6) is 0 Å². The number of amidine groups is 1. The summed E-state index contributed by atoms with van der Waals surface area (Å²) in [4.78, 5) is 0. The van der Waals surface area contributed by atoms with E-state index in [1.807, 2.05) is 38.1 Å². The first-order chi connectivity index (χ1) is 8.58. The van der Waals surface area contributed by atoms with Gasteiger partial charge in [0.2, 0.25) is 0 Å². The van der Waals surface area contributed by atoms with Crippen LogP contribution in [-0.2, 0) is 0 Å². The minimum Gasteiger partial charge on any atom is -0.384 e. The summed E-state index contributed by atoms with van der Waals surface area (Å²) in [5, 5.41) is 7.58. The van der Waals surface area contributed by atoms with E-state index in [9.17, 15) is 0 Å². The van der Waals surface area contributed by atoms with Crippen molar-refractivity contribution in [3.05, 3.63) is 53.1 Å². The molecular formula is C16H22N2. The summed E-state index contributed by atoms with van der Waals surface area (Å²) in [5.41, 5.74) is 8.73. The van der Waals surface area contributed by atoms with Gasteiger partial charge in [-0.1, -0.05) is 37.3 Å². The molecule has 1 rings (SSSR count). The molecule has 0 bridgehead atoms. The van der Waals surface area contributed by atoms with Gasteiger partial charge in [-0.15, -0.1) is 0 Å². The molecule has 0 spiro atoms. The zero-order valence-corrected chi connectivity index (χ0v) is 11.4. The maximum absolute atomic E-state index is 7.58. The summed E-state index contributed by atoms with van der Waals surface area (Å²) in [6.45, 7) is 6.21. The van der Waals surface area contributed by atoms with Gasteiger partial charge in [0.25, 0.3) is 0 Å². The highest BCUT2D eigenvalue weighted by molar-refractivity contribution is 5.95. The fraction of sp³-hybridized carbons (Fsp3) is 0.312. The zero-order valence-electron chi connectivity index (χ0n) is 11.4. The van der Waals surface area contributed by atoms with Gasteiger partial charge in [-0.25, -0.2) is 0 Å². The molecule has 0 heterocycles. The molecule has 1 aromatic carbocycles. The molecule has 2 heteroatoms. The molecule has 0 saturated heterocycles. The van der Waals surface area contributed by atoms with Crippen LogP contribution in [0.1, 0.15) is 49.8 Å². The molecule has 0 aromatic heterocycles. The molecule has 96 valence electrons. The van der Waals surface area contributed by atoms with Gasteiger partial charge < -0.3 is 5.73 Å². The smallest absolute Gasteiger partial charge is 0.122 e. The van der Waals surface area contributed by atoms with Gasteiger partial charge in [0.05, 0.1) is 0 Å². The van der Waals surface area contributed by atoms with Crippen LogP contribution in [0.25, 0.3) is 6.08 Å². The van der Waals surface area contributed by atoms with Gasteiger partial charge in [0.15, 0.2) is 0 Å². The van der Waals surface area contributed by atoms with Crippen molar-refractivity contribution in [2.75, 3.05) is 0 Å². The van der Waals surface area contributed by atoms with Crippen molar-refractivity contribution in [1.29, 1.82) is 5.41 Å². The quantitative estimate of drug-likeness (QED) is 0.456. The molecule has 0 amide bonds. The van der Waals surface area contributed by atoms with Crippen LogP contribution in [0.2, 0.25) is 0 Å². The second kappa shape index (κ2) is 6.80. The molecule has 18 heavy (non-hydrogen) atoms. The van der Waals surface area contributed by atoms with E-state index in [1.54, 1.807) is 0 Å². The van der Waals surface area contributed by atoms with Crippen molar-refractivity contribution < 1.29 is 0 Å².